The van der Waals surface area contributed by atoms with E-state index in [-0.39, 0.29) is 31.3 Å². The van der Waals surface area contributed by atoms with E-state index >= 15 is 0 Å². The van der Waals surface area contributed by atoms with Crippen LogP contribution in [0.3, 0.4) is 0 Å². The summed E-state index contributed by atoms with van der Waals surface area (Å²) >= 11 is 1.50. The van der Waals surface area contributed by atoms with Crippen molar-refractivity contribution < 1.29 is 8.78 Å². The number of halogens is 2. The molecule has 1 fully saturated rings. The van der Waals surface area contributed by atoms with Gasteiger partial charge in [-0.15, -0.1) is 11.3 Å². The summed E-state index contributed by atoms with van der Waals surface area (Å²) in [5.41, 5.74) is -0.0577. The van der Waals surface area contributed by atoms with Crippen LogP contribution in [0.1, 0.15) is 49.5 Å². The van der Waals surface area contributed by atoms with Gasteiger partial charge in [0, 0.05) is 37.5 Å². The highest BCUT2D eigenvalue weighted by molar-refractivity contribution is 7.11. The summed E-state index contributed by atoms with van der Waals surface area (Å²) in [6, 6.07) is 1.77. The molecule has 1 saturated heterocycles. The molecule has 0 N–H and O–H groups in total. The number of hydrogen-bond donors (Lipinski definition) is 0. The van der Waals surface area contributed by atoms with Gasteiger partial charge >= 0.3 is 0 Å². The molecule has 110 valence electrons. The summed E-state index contributed by atoms with van der Waals surface area (Å²) in [7, 11) is 0. The summed E-state index contributed by atoms with van der Waals surface area (Å²) in [6.07, 6.45) is 1.37. The lowest BCUT2D eigenvalue weighted by Gasteiger charge is -2.33. The molecule has 1 atom stereocenters. The third-order valence-corrected chi connectivity index (χ3v) is 4.93. The third kappa shape index (κ3) is 3.33. The lowest BCUT2D eigenvalue weighted by atomic mass is 9.98. The van der Waals surface area contributed by atoms with Crippen molar-refractivity contribution in [2.45, 2.75) is 51.0 Å². The lowest BCUT2D eigenvalue weighted by Crippen LogP contribution is -2.40. The van der Waals surface area contributed by atoms with Crippen molar-refractivity contribution in [1.29, 1.82) is 5.26 Å². The van der Waals surface area contributed by atoms with Crippen LogP contribution in [0.5, 0.6) is 0 Å². The Balaban J connectivity index is 2.14. The van der Waals surface area contributed by atoms with Crippen LogP contribution in [-0.2, 0) is 5.41 Å². The van der Waals surface area contributed by atoms with Gasteiger partial charge in [-0.2, -0.15) is 5.26 Å². The zero-order chi connectivity index (χ0) is 15.0. The molecule has 0 saturated carbocycles. The van der Waals surface area contributed by atoms with Gasteiger partial charge in [-0.1, -0.05) is 20.8 Å². The van der Waals surface area contributed by atoms with E-state index in [2.05, 4.69) is 31.8 Å². The van der Waals surface area contributed by atoms with Gasteiger partial charge in [0.1, 0.15) is 6.04 Å². The van der Waals surface area contributed by atoms with Gasteiger partial charge < -0.3 is 0 Å². The van der Waals surface area contributed by atoms with E-state index in [1.807, 2.05) is 4.90 Å². The normalized spacial score (nSPS) is 21.4. The molecule has 2 heterocycles. The fourth-order valence-electron chi connectivity index (χ4n) is 2.19. The van der Waals surface area contributed by atoms with E-state index in [1.54, 1.807) is 6.20 Å². The topological polar surface area (TPSA) is 39.9 Å². The van der Waals surface area contributed by atoms with Gasteiger partial charge in [-0.05, 0) is 0 Å². The van der Waals surface area contributed by atoms with Crippen molar-refractivity contribution in [3.63, 3.8) is 0 Å². The fraction of sp³-hybridized carbons (Fsp3) is 0.714. The first-order chi connectivity index (χ1) is 9.23. The smallest absolute Gasteiger partial charge is 0.250 e. The summed E-state index contributed by atoms with van der Waals surface area (Å²) in [4.78, 5) is 7.05. The third-order valence-electron chi connectivity index (χ3n) is 3.45. The number of nitrogens with zero attached hydrogens (tertiary/aromatic N) is 3. The fourth-order valence-corrected chi connectivity index (χ4v) is 3.25. The van der Waals surface area contributed by atoms with Crippen LogP contribution in [0.15, 0.2) is 6.20 Å². The number of nitriles is 1. The second-order valence-corrected chi connectivity index (χ2v) is 7.30. The summed E-state index contributed by atoms with van der Waals surface area (Å²) < 4.78 is 26.4. The number of rotatable bonds is 2. The predicted octanol–water partition coefficient (Wildman–Crippen LogP) is 3.74. The number of aromatic nitrogens is 1. The molecule has 6 heteroatoms. The highest BCUT2D eigenvalue weighted by atomic mass is 32.1. The van der Waals surface area contributed by atoms with Gasteiger partial charge in [-0.25, -0.2) is 13.8 Å². The molecular weight excluding hydrogens is 280 g/mol. The number of alkyl halides is 2. The monoisotopic (exact) mass is 299 g/mol. The van der Waals surface area contributed by atoms with Crippen LogP contribution < -0.4 is 0 Å². The minimum absolute atomic E-state index is 0.0577. The zero-order valence-electron chi connectivity index (χ0n) is 12.0. The van der Waals surface area contributed by atoms with Gasteiger partial charge in [0.2, 0.25) is 0 Å². The number of thiazole rings is 1. The minimum atomic E-state index is -2.58. The van der Waals surface area contributed by atoms with Gasteiger partial charge in [0.25, 0.3) is 5.92 Å². The molecule has 1 aromatic rings. The van der Waals surface area contributed by atoms with Crippen LogP contribution >= 0.6 is 11.3 Å². The molecule has 1 aliphatic heterocycles. The van der Waals surface area contributed by atoms with E-state index in [0.717, 1.165) is 9.88 Å². The molecule has 0 aliphatic carbocycles. The molecule has 2 rings (SSSR count). The molecule has 0 bridgehead atoms. The molecule has 0 amide bonds. The zero-order valence-corrected chi connectivity index (χ0v) is 12.8. The molecular formula is C14H19F2N3S. The molecule has 20 heavy (non-hydrogen) atoms. The predicted molar refractivity (Wildman–Crippen MR) is 74.9 cm³/mol. The van der Waals surface area contributed by atoms with Crippen LogP contribution in [-0.4, -0.2) is 28.9 Å². The Morgan fingerprint density at radius 1 is 1.40 bits per heavy atom. The molecule has 3 nitrogen and oxygen atoms in total. The Bertz CT molecular complexity index is 503. The van der Waals surface area contributed by atoms with Gasteiger partial charge in [0.15, 0.2) is 0 Å². The highest BCUT2D eigenvalue weighted by Crippen LogP contribution is 2.35. The quantitative estimate of drug-likeness (QED) is 0.835. The van der Waals surface area contributed by atoms with Crippen LogP contribution in [0.25, 0.3) is 0 Å². The van der Waals surface area contributed by atoms with Crippen molar-refractivity contribution in [3.8, 4) is 6.07 Å². The largest absolute Gasteiger partial charge is 0.283 e. The molecule has 0 aromatic carbocycles. The minimum Gasteiger partial charge on any atom is -0.283 e. The first-order valence-electron chi connectivity index (χ1n) is 6.71. The van der Waals surface area contributed by atoms with Crippen LogP contribution in [0.2, 0.25) is 0 Å². The lowest BCUT2D eigenvalue weighted by molar-refractivity contribution is -0.0592. The van der Waals surface area contributed by atoms with E-state index in [0.29, 0.717) is 0 Å². The van der Waals surface area contributed by atoms with Crippen molar-refractivity contribution in [2.24, 2.45) is 0 Å². The number of piperidine rings is 1. The van der Waals surface area contributed by atoms with E-state index < -0.39 is 12.0 Å². The van der Waals surface area contributed by atoms with Gasteiger partial charge in [0.05, 0.1) is 16.0 Å². The standard InChI is InChI=1S/C14H19F2N3S/c1-13(2,3)12-18-9-11(20-12)10(8-17)19-6-4-14(15,16)5-7-19/h9-10H,4-7H2,1-3H3. The maximum atomic E-state index is 13.2. The molecule has 1 unspecified atom stereocenters. The molecule has 0 spiro atoms. The van der Waals surface area contributed by atoms with Crippen LogP contribution in [0.4, 0.5) is 8.78 Å². The SMILES string of the molecule is CC(C)(C)c1ncc(C(C#N)N2CCC(F)(F)CC2)s1. The van der Waals surface area contributed by atoms with Crippen molar-refractivity contribution in [2.75, 3.05) is 13.1 Å². The number of hydrogen-bond acceptors (Lipinski definition) is 4. The second kappa shape index (κ2) is 5.38. The molecule has 0 radical (unpaired) electrons. The van der Waals surface area contributed by atoms with E-state index in [4.69, 9.17) is 0 Å². The average molecular weight is 299 g/mol. The summed E-state index contributed by atoms with van der Waals surface area (Å²) in [5.74, 6) is -2.58. The van der Waals surface area contributed by atoms with Crippen molar-refractivity contribution >= 4 is 11.3 Å². The van der Waals surface area contributed by atoms with Crippen molar-refractivity contribution in [1.82, 2.24) is 9.88 Å². The Labute approximate surface area is 122 Å². The first-order valence-corrected chi connectivity index (χ1v) is 7.52. The van der Waals surface area contributed by atoms with E-state index in [1.165, 1.54) is 11.3 Å². The molecule has 1 aliphatic rings. The van der Waals surface area contributed by atoms with E-state index in [9.17, 15) is 14.0 Å². The van der Waals surface area contributed by atoms with Crippen molar-refractivity contribution in [3.05, 3.63) is 16.1 Å². The number of likely N-dealkylation sites (tertiary alicyclic amines) is 1. The molecule has 1 aromatic heterocycles. The van der Waals surface area contributed by atoms with Crippen LogP contribution in [0, 0.1) is 11.3 Å². The first kappa shape index (κ1) is 15.3. The maximum Gasteiger partial charge on any atom is 0.250 e. The maximum absolute atomic E-state index is 13.2. The Hall–Kier alpha value is -1.06. The highest BCUT2D eigenvalue weighted by Gasteiger charge is 2.37. The second-order valence-electron chi connectivity index (χ2n) is 6.24. The van der Waals surface area contributed by atoms with Gasteiger partial charge in [-0.3, -0.25) is 4.90 Å². The Morgan fingerprint density at radius 2 is 2.00 bits per heavy atom. The Morgan fingerprint density at radius 3 is 2.45 bits per heavy atom. The Kier molecular flexibility index (Phi) is 4.12. The summed E-state index contributed by atoms with van der Waals surface area (Å²) in [5, 5.41) is 10.3. The summed E-state index contributed by atoms with van der Waals surface area (Å²) in [6.45, 7) is 6.72. The average Bonchev–Trinajstić information content (AvgIpc) is 2.81.